The Bertz CT molecular complexity index is 688. The molecule has 1 aromatic heterocycles. The number of hydrogen-bond donors (Lipinski definition) is 2. The molecule has 1 heterocycles. The summed E-state index contributed by atoms with van der Waals surface area (Å²) in [7, 11) is 0. The zero-order chi connectivity index (χ0) is 16.8. The van der Waals surface area contributed by atoms with Crippen LogP contribution in [0.3, 0.4) is 0 Å². The molecule has 2 N–H and O–H groups in total. The van der Waals surface area contributed by atoms with Gasteiger partial charge in [0.1, 0.15) is 18.2 Å². The number of pyridine rings is 1. The van der Waals surface area contributed by atoms with E-state index in [1.807, 2.05) is 32.0 Å². The van der Waals surface area contributed by atoms with Crippen molar-refractivity contribution in [2.75, 3.05) is 11.9 Å². The summed E-state index contributed by atoms with van der Waals surface area (Å²) in [6.07, 6.45) is 1.74. The minimum atomic E-state index is 0.0839. The van der Waals surface area contributed by atoms with E-state index in [4.69, 9.17) is 17.0 Å². The number of thiocarbonyl (C=S) groups is 1. The number of nitrogens with one attached hydrogen (secondary N) is 2. The molecular weight excluding hydrogens is 306 g/mol. The molecule has 0 saturated carbocycles. The van der Waals surface area contributed by atoms with Crippen molar-refractivity contribution in [1.29, 1.82) is 0 Å². The number of ether oxygens (including phenoxy) is 1. The van der Waals surface area contributed by atoms with Gasteiger partial charge in [-0.1, -0.05) is 12.1 Å². The molecule has 1 aromatic carbocycles. The van der Waals surface area contributed by atoms with Gasteiger partial charge in [0, 0.05) is 6.20 Å². The summed E-state index contributed by atoms with van der Waals surface area (Å²) in [6, 6.07) is 10.1. The van der Waals surface area contributed by atoms with Crippen LogP contribution in [0.15, 0.2) is 36.5 Å². The number of benzene rings is 1. The Labute approximate surface area is 143 Å². The van der Waals surface area contributed by atoms with Crippen molar-refractivity contribution in [1.82, 2.24) is 10.3 Å². The second-order valence-electron chi connectivity index (χ2n) is 5.73. The average Bonchev–Trinajstić information content (AvgIpc) is 2.51. The first kappa shape index (κ1) is 17.2. The lowest BCUT2D eigenvalue weighted by Gasteiger charge is -2.18. The summed E-state index contributed by atoms with van der Waals surface area (Å²) >= 11 is 5.32. The third-order valence-electron chi connectivity index (χ3n) is 3.60. The van der Waals surface area contributed by atoms with E-state index in [-0.39, 0.29) is 6.04 Å². The second-order valence-corrected chi connectivity index (χ2v) is 6.13. The highest BCUT2D eigenvalue weighted by Crippen LogP contribution is 2.16. The Hall–Kier alpha value is -2.14. The molecule has 0 bridgehead atoms. The number of rotatable bonds is 5. The largest absolute Gasteiger partial charge is 0.491 e. The van der Waals surface area contributed by atoms with Crippen LogP contribution in [0.4, 0.5) is 5.82 Å². The minimum Gasteiger partial charge on any atom is -0.491 e. The molecule has 5 heteroatoms. The van der Waals surface area contributed by atoms with E-state index in [1.165, 1.54) is 11.1 Å². The lowest BCUT2D eigenvalue weighted by atomic mass is 10.1. The van der Waals surface area contributed by atoms with Crippen molar-refractivity contribution in [3.63, 3.8) is 0 Å². The van der Waals surface area contributed by atoms with E-state index in [9.17, 15) is 0 Å². The molecule has 0 unspecified atom stereocenters. The average molecular weight is 329 g/mol. The maximum atomic E-state index is 5.81. The molecular formula is C18H23N3OS. The summed E-state index contributed by atoms with van der Waals surface area (Å²) in [4.78, 5) is 4.27. The van der Waals surface area contributed by atoms with Gasteiger partial charge in [-0.3, -0.25) is 0 Å². The number of anilines is 1. The van der Waals surface area contributed by atoms with Gasteiger partial charge in [-0.05, 0) is 74.8 Å². The van der Waals surface area contributed by atoms with Crippen molar-refractivity contribution in [3.05, 3.63) is 53.2 Å². The van der Waals surface area contributed by atoms with Gasteiger partial charge in [-0.2, -0.15) is 0 Å². The first-order chi connectivity index (χ1) is 11.0. The second kappa shape index (κ2) is 7.92. The highest BCUT2D eigenvalue weighted by atomic mass is 32.1. The number of aryl methyl sites for hydroxylation is 3. The SMILES string of the molecule is Cc1ccc(OC[C@H](C)NC(=S)Nc2ncccc2C)cc1C. The van der Waals surface area contributed by atoms with E-state index < -0.39 is 0 Å². The van der Waals surface area contributed by atoms with E-state index in [0.29, 0.717) is 11.7 Å². The van der Waals surface area contributed by atoms with Crippen LogP contribution in [0.1, 0.15) is 23.6 Å². The van der Waals surface area contributed by atoms with Crippen molar-refractivity contribution in [2.45, 2.75) is 33.7 Å². The number of aromatic nitrogens is 1. The van der Waals surface area contributed by atoms with Crippen LogP contribution in [-0.4, -0.2) is 22.7 Å². The number of nitrogens with zero attached hydrogens (tertiary/aromatic N) is 1. The first-order valence-electron chi connectivity index (χ1n) is 7.65. The van der Waals surface area contributed by atoms with Crippen LogP contribution in [0.25, 0.3) is 0 Å². The summed E-state index contributed by atoms with van der Waals surface area (Å²) in [5.74, 6) is 1.65. The van der Waals surface area contributed by atoms with Gasteiger partial charge >= 0.3 is 0 Å². The number of hydrogen-bond acceptors (Lipinski definition) is 3. The maximum Gasteiger partial charge on any atom is 0.172 e. The van der Waals surface area contributed by atoms with Gasteiger partial charge in [0.05, 0.1) is 6.04 Å². The molecule has 0 aliphatic carbocycles. The van der Waals surface area contributed by atoms with Gasteiger partial charge < -0.3 is 15.4 Å². The predicted octanol–water partition coefficient (Wildman–Crippen LogP) is 3.76. The monoisotopic (exact) mass is 329 g/mol. The molecule has 122 valence electrons. The summed E-state index contributed by atoms with van der Waals surface area (Å²) < 4.78 is 5.81. The van der Waals surface area contributed by atoms with Crippen LogP contribution in [0, 0.1) is 20.8 Å². The zero-order valence-corrected chi connectivity index (χ0v) is 14.8. The highest BCUT2D eigenvalue weighted by molar-refractivity contribution is 7.80. The Kier molecular flexibility index (Phi) is 5.93. The normalized spacial score (nSPS) is 11.7. The fourth-order valence-electron chi connectivity index (χ4n) is 2.05. The quantitative estimate of drug-likeness (QED) is 0.818. The molecule has 2 rings (SSSR count). The Morgan fingerprint density at radius 2 is 1.96 bits per heavy atom. The van der Waals surface area contributed by atoms with Gasteiger partial charge in [0.25, 0.3) is 0 Å². The van der Waals surface area contributed by atoms with Crippen molar-refractivity contribution < 1.29 is 4.74 Å². The Morgan fingerprint density at radius 3 is 2.65 bits per heavy atom. The van der Waals surface area contributed by atoms with Crippen LogP contribution >= 0.6 is 12.2 Å². The van der Waals surface area contributed by atoms with Crippen LogP contribution in [0.2, 0.25) is 0 Å². The van der Waals surface area contributed by atoms with Gasteiger partial charge in [0.15, 0.2) is 5.11 Å². The van der Waals surface area contributed by atoms with Gasteiger partial charge in [-0.15, -0.1) is 0 Å². The molecule has 0 fully saturated rings. The fraction of sp³-hybridized carbons (Fsp3) is 0.333. The minimum absolute atomic E-state index is 0.0839. The lowest BCUT2D eigenvalue weighted by Crippen LogP contribution is -2.39. The summed E-state index contributed by atoms with van der Waals surface area (Å²) in [5, 5.41) is 6.86. The van der Waals surface area contributed by atoms with E-state index in [2.05, 4.69) is 41.6 Å². The standard InChI is InChI=1S/C18H23N3OS/c1-12-7-8-16(10-14(12)3)22-11-15(4)20-18(23)21-17-13(2)6-5-9-19-17/h5-10,15H,11H2,1-4H3,(H2,19,20,21,23)/t15-/m0/s1. The fourth-order valence-corrected chi connectivity index (χ4v) is 2.35. The molecule has 0 aliphatic rings. The van der Waals surface area contributed by atoms with Crippen LogP contribution in [-0.2, 0) is 0 Å². The summed E-state index contributed by atoms with van der Waals surface area (Å²) in [5.41, 5.74) is 3.54. The first-order valence-corrected chi connectivity index (χ1v) is 8.05. The topological polar surface area (TPSA) is 46.2 Å². The molecule has 4 nitrogen and oxygen atoms in total. The van der Waals surface area contributed by atoms with Crippen molar-refractivity contribution >= 4 is 23.1 Å². The molecule has 0 saturated heterocycles. The van der Waals surface area contributed by atoms with Gasteiger partial charge in [-0.25, -0.2) is 4.98 Å². The molecule has 0 amide bonds. The van der Waals surface area contributed by atoms with E-state index in [0.717, 1.165) is 17.1 Å². The molecule has 2 aromatic rings. The third-order valence-corrected chi connectivity index (χ3v) is 3.82. The molecule has 1 atom stereocenters. The highest BCUT2D eigenvalue weighted by Gasteiger charge is 2.07. The smallest absolute Gasteiger partial charge is 0.172 e. The Balaban J connectivity index is 1.82. The summed E-state index contributed by atoms with van der Waals surface area (Å²) in [6.45, 7) is 8.72. The van der Waals surface area contributed by atoms with E-state index >= 15 is 0 Å². The van der Waals surface area contributed by atoms with Gasteiger partial charge in [0.2, 0.25) is 0 Å². The van der Waals surface area contributed by atoms with E-state index in [1.54, 1.807) is 6.20 Å². The Morgan fingerprint density at radius 1 is 1.17 bits per heavy atom. The van der Waals surface area contributed by atoms with Crippen LogP contribution < -0.4 is 15.4 Å². The molecule has 0 aliphatic heterocycles. The molecule has 0 spiro atoms. The predicted molar refractivity (Wildman–Crippen MR) is 99.2 cm³/mol. The molecule has 0 radical (unpaired) electrons. The van der Waals surface area contributed by atoms with Crippen molar-refractivity contribution in [2.24, 2.45) is 0 Å². The zero-order valence-electron chi connectivity index (χ0n) is 14.0. The third kappa shape index (κ3) is 5.21. The lowest BCUT2D eigenvalue weighted by molar-refractivity contribution is 0.287. The van der Waals surface area contributed by atoms with Crippen LogP contribution in [0.5, 0.6) is 5.75 Å². The van der Waals surface area contributed by atoms with Crippen molar-refractivity contribution in [3.8, 4) is 5.75 Å². The maximum absolute atomic E-state index is 5.81. The molecule has 23 heavy (non-hydrogen) atoms.